The topological polar surface area (TPSA) is 20.3 Å². The number of fused-ring (bicyclic) bond motifs is 1. The molecular formula is C18H16ClNO. The van der Waals surface area contributed by atoms with Gasteiger partial charge in [0.25, 0.3) is 0 Å². The average molecular weight is 298 g/mol. The second-order valence-electron chi connectivity index (χ2n) is 5.21. The Balaban J connectivity index is 2.06. The van der Waals surface area contributed by atoms with Gasteiger partial charge in [0, 0.05) is 22.8 Å². The highest BCUT2D eigenvalue weighted by Crippen LogP contribution is 2.37. The fraction of sp³-hybridized carbons (Fsp3) is 0.167. The van der Waals surface area contributed by atoms with Gasteiger partial charge in [-0.3, -0.25) is 4.79 Å². The van der Waals surface area contributed by atoms with E-state index in [4.69, 9.17) is 11.6 Å². The van der Waals surface area contributed by atoms with Crippen molar-refractivity contribution in [1.82, 2.24) is 0 Å². The molecule has 3 rings (SSSR count). The molecule has 3 heteroatoms. The zero-order chi connectivity index (χ0) is 14.8. The van der Waals surface area contributed by atoms with E-state index < -0.39 is 0 Å². The van der Waals surface area contributed by atoms with Gasteiger partial charge in [-0.2, -0.15) is 0 Å². The summed E-state index contributed by atoms with van der Waals surface area (Å²) in [4.78, 5) is 13.5. The van der Waals surface area contributed by atoms with Crippen LogP contribution in [0.2, 0.25) is 5.02 Å². The Kier molecular flexibility index (Phi) is 3.80. The molecule has 21 heavy (non-hydrogen) atoms. The highest BCUT2D eigenvalue weighted by atomic mass is 35.5. The summed E-state index contributed by atoms with van der Waals surface area (Å²) < 4.78 is 0. The van der Waals surface area contributed by atoms with Gasteiger partial charge in [-0.25, -0.2) is 0 Å². The van der Waals surface area contributed by atoms with E-state index in [0.29, 0.717) is 10.6 Å². The summed E-state index contributed by atoms with van der Waals surface area (Å²) in [6, 6.07) is 15.9. The Bertz CT molecular complexity index is 678. The van der Waals surface area contributed by atoms with Crippen LogP contribution in [0.1, 0.15) is 17.2 Å². The lowest BCUT2D eigenvalue weighted by atomic mass is 9.88. The number of hydrogen-bond donors (Lipinski definition) is 0. The van der Waals surface area contributed by atoms with E-state index in [1.807, 2.05) is 36.4 Å². The molecule has 106 valence electrons. The Hall–Kier alpha value is -2.06. The molecule has 1 atom stereocenters. The molecule has 1 aliphatic heterocycles. The van der Waals surface area contributed by atoms with Crippen LogP contribution in [-0.4, -0.2) is 12.8 Å². The minimum absolute atomic E-state index is 0.103. The van der Waals surface area contributed by atoms with Crippen LogP contribution in [-0.2, 0) is 11.2 Å². The molecule has 1 heterocycles. The van der Waals surface area contributed by atoms with E-state index in [9.17, 15) is 4.79 Å². The maximum atomic E-state index is 11.3. The van der Waals surface area contributed by atoms with Gasteiger partial charge in [0.1, 0.15) is 6.29 Å². The van der Waals surface area contributed by atoms with Crippen molar-refractivity contribution in [1.29, 1.82) is 0 Å². The molecular weight excluding hydrogens is 282 g/mol. The smallest absolute Gasteiger partial charge is 0.147 e. The van der Waals surface area contributed by atoms with Gasteiger partial charge >= 0.3 is 0 Å². The third-order valence-electron chi connectivity index (χ3n) is 3.94. The van der Waals surface area contributed by atoms with Crippen molar-refractivity contribution in [3.8, 4) is 0 Å². The highest BCUT2D eigenvalue weighted by molar-refractivity contribution is 6.30. The van der Waals surface area contributed by atoms with Gasteiger partial charge in [0.05, 0.1) is 6.04 Å². The molecule has 0 aliphatic carbocycles. The van der Waals surface area contributed by atoms with Crippen molar-refractivity contribution in [3.63, 3.8) is 0 Å². The molecule has 0 N–H and O–H groups in total. The van der Waals surface area contributed by atoms with E-state index in [0.717, 1.165) is 30.5 Å². The van der Waals surface area contributed by atoms with Crippen molar-refractivity contribution in [2.75, 3.05) is 11.4 Å². The number of benzene rings is 2. The van der Waals surface area contributed by atoms with Crippen molar-refractivity contribution >= 4 is 23.6 Å². The lowest BCUT2D eigenvalue weighted by Crippen LogP contribution is -2.36. The first kappa shape index (κ1) is 13.9. The number of anilines is 1. The lowest BCUT2D eigenvalue weighted by molar-refractivity contribution is -0.105. The number of rotatable bonds is 3. The number of aldehydes is 1. The van der Waals surface area contributed by atoms with E-state index in [-0.39, 0.29) is 6.04 Å². The molecule has 1 aliphatic rings. The quantitative estimate of drug-likeness (QED) is 0.625. The van der Waals surface area contributed by atoms with Gasteiger partial charge in [-0.15, -0.1) is 0 Å². The van der Waals surface area contributed by atoms with Crippen LogP contribution in [0, 0.1) is 0 Å². The Morgan fingerprint density at radius 3 is 2.62 bits per heavy atom. The molecule has 0 bridgehead atoms. The summed E-state index contributed by atoms with van der Waals surface area (Å²) in [5.74, 6) is 0. The summed E-state index contributed by atoms with van der Waals surface area (Å²) in [6.07, 6.45) is 1.82. The summed E-state index contributed by atoms with van der Waals surface area (Å²) in [5.41, 5.74) is 4.09. The molecule has 2 aromatic rings. The molecule has 0 unspecified atom stereocenters. The first-order valence-corrected chi connectivity index (χ1v) is 7.32. The SMILES string of the molecule is C=C(C=O)[C@H]1c2ccccc2CCN1c1ccc(Cl)cc1. The molecule has 0 fully saturated rings. The van der Waals surface area contributed by atoms with Crippen LogP contribution in [0.3, 0.4) is 0 Å². The number of carbonyl (C=O) groups is 1. The monoisotopic (exact) mass is 297 g/mol. The zero-order valence-electron chi connectivity index (χ0n) is 11.6. The predicted octanol–water partition coefficient (Wildman–Crippen LogP) is 4.20. The second-order valence-corrected chi connectivity index (χ2v) is 5.65. The molecule has 0 saturated heterocycles. The number of halogens is 1. The molecule has 0 radical (unpaired) electrons. The maximum Gasteiger partial charge on any atom is 0.147 e. The molecule has 0 aromatic heterocycles. The Morgan fingerprint density at radius 1 is 1.19 bits per heavy atom. The third-order valence-corrected chi connectivity index (χ3v) is 4.20. The molecule has 2 aromatic carbocycles. The van der Waals surface area contributed by atoms with Gasteiger partial charge in [0.15, 0.2) is 0 Å². The van der Waals surface area contributed by atoms with Gasteiger partial charge in [0.2, 0.25) is 0 Å². The van der Waals surface area contributed by atoms with E-state index in [2.05, 4.69) is 23.6 Å². The van der Waals surface area contributed by atoms with Crippen molar-refractivity contribution in [2.45, 2.75) is 12.5 Å². The number of nitrogens with zero attached hydrogens (tertiary/aromatic N) is 1. The number of hydrogen-bond acceptors (Lipinski definition) is 2. The first-order valence-electron chi connectivity index (χ1n) is 6.94. The summed E-state index contributed by atoms with van der Waals surface area (Å²) in [5, 5.41) is 0.710. The van der Waals surface area contributed by atoms with Crippen molar-refractivity contribution < 1.29 is 4.79 Å². The van der Waals surface area contributed by atoms with Crippen molar-refractivity contribution in [3.05, 3.63) is 76.8 Å². The minimum Gasteiger partial charge on any atom is -0.360 e. The van der Waals surface area contributed by atoms with Crippen LogP contribution in [0.4, 0.5) is 5.69 Å². The van der Waals surface area contributed by atoms with Gasteiger partial charge in [-0.05, 0) is 41.8 Å². The minimum atomic E-state index is -0.103. The van der Waals surface area contributed by atoms with E-state index in [1.165, 1.54) is 5.56 Å². The average Bonchev–Trinajstić information content (AvgIpc) is 2.54. The fourth-order valence-electron chi connectivity index (χ4n) is 2.94. The standard InChI is InChI=1S/C18H16ClNO/c1-13(12-21)18-17-5-3-2-4-14(17)10-11-20(18)16-8-6-15(19)7-9-16/h2-9,12,18H,1,10-11H2/t18-/m0/s1. The fourth-order valence-corrected chi connectivity index (χ4v) is 3.07. The van der Waals surface area contributed by atoms with E-state index >= 15 is 0 Å². The van der Waals surface area contributed by atoms with Crippen molar-refractivity contribution in [2.24, 2.45) is 0 Å². The normalized spacial score (nSPS) is 17.2. The first-order chi connectivity index (χ1) is 10.2. The Labute approximate surface area is 129 Å². The maximum absolute atomic E-state index is 11.3. The van der Waals surface area contributed by atoms with Crippen LogP contribution in [0.15, 0.2) is 60.7 Å². The summed E-state index contributed by atoms with van der Waals surface area (Å²) in [6.45, 7) is 4.81. The van der Waals surface area contributed by atoms with Crippen LogP contribution < -0.4 is 4.90 Å². The third kappa shape index (κ3) is 2.59. The van der Waals surface area contributed by atoms with Gasteiger partial charge < -0.3 is 4.90 Å². The summed E-state index contributed by atoms with van der Waals surface area (Å²) in [7, 11) is 0. The molecule has 0 amide bonds. The largest absolute Gasteiger partial charge is 0.360 e. The Morgan fingerprint density at radius 2 is 1.90 bits per heavy atom. The second kappa shape index (κ2) is 5.74. The van der Waals surface area contributed by atoms with Gasteiger partial charge in [-0.1, -0.05) is 42.4 Å². The highest BCUT2D eigenvalue weighted by Gasteiger charge is 2.29. The predicted molar refractivity (Wildman–Crippen MR) is 86.9 cm³/mol. The summed E-state index contributed by atoms with van der Waals surface area (Å²) >= 11 is 5.97. The van der Waals surface area contributed by atoms with Crippen LogP contribution >= 0.6 is 11.6 Å². The molecule has 0 spiro atoms. The molecule has 2 nitrogen and oxygen atoms in total. The zero-order valence-corrected chi connectivity index (χ0v) is 12.4. The van der Waals surface area contributed by atoms with Crippen LogP contribution in [0.25, 0.3) is 0 Å². The van der Waals surface area contributed by atoms with E-state index in [1.54, 1.807) is 0 Å². The van der Waals surface area contributed by atoms with Crippen LogP contribution in [0.5, 0.6) is 0 Å². The molecule has 0 saturated carbocycles. The number of carbonyl (C=O) groups excluding carboxylic acids is 1. The lowest BCUT2D eigenvalue weighted by Gasteiger charge is -2.39.